The highest BCUT2D eigenvalue weighted by molar-refractivity contribution is 6.29. The molecule has 0 bridgehead atoms. The molecule has 0 aromatic carbocycles. The van der Waals surface area contributed by atoms with Crippen LogP contribution in [0.1, 0.15) is 24.9 Å². The van der Waals surface area contributed by atoms with E-state index in [0.29, 0.717) is 11.7 Å². The van der Waals surface area contributed by atoms with Crippen LogP contribution in [0.15, 0.2) is 30.5 Å². The average Bonchev–Trinajstić information content (AvgIpc) is 2.37. The summed E-state index contributed by atoms with van der Waals surface area (Å²) in [5.41, 5.74) is 0.962. The number of hydrogen-bond donors (Lipinski definition) is 1. The van der Waals surface area contributed by atoms with Crippen LogP contribution in [0.4, 0.5) is 5.82 Å². The number of nitrogens with zero attached hydrogens (tertiary/aromatic N) is 3. The number of hydrogen-bond acceptors (Lipinski definition) is 4. The Balaban J connectivity index is 2.05. The smallest absolute Gasteiger partial charge is 0.134 e. The lowest BCUT2D eigenvalue weighted by atomic mass is 10.3. The molecule has 5 heteroatoms. The van der Waals surface area contributed by atoms with Crippen LogP contribution in [0.2, 0.25) is 5.15 Å². The van der Waals surface area contributed by atoms with Gasteiger partial charge in [0.25, 0.3) is 0 Å². The summed E-state index contributed by atoms with van der Waals surface area (Å²) in [5, 5.41) is 3.67. The Morgan fingerprint density at radius 1 is 1.28 bits per heavy atom. The first-order chi connectivity index (χ1) is 8.78. The number of anilines is 1. The van der Waals surface area contributed by atoms with Gasteiger partial charge in [-0.1, -0.05) is 24.6 Å². The zero-order valence-electron chi connectivity index (χ0n) is 10.2. The maximum atomic E-state index is 5.96. The summed E-state index contributed by atoms with van der Waals surface area (Å²) >= 11 is 5.96. The Bertz CT molecular complexity index is 502. The van der Waals surface area contributed by atoms with Crippen molar-refractivity contribution in [3.05, 3.63) is 47.1 Å². The Labute approximate surface area is 111 Å². The normalized spacial score (nSPS) is 10.3. The van der Waals surface area contributed by atoms with Crippen LogP contribution >= 0.6 is 11.6 Å². The van der Waals surface area contributed by atoms with Gasteiger partial charge in [0.2, 0.25) is 0 Å². The molecule has 0 atom stereocenters. The van der Waals surface area contributed by atoms with Gasteiger partial charge in [-0.15, -0.1) is 0 Å². The van der Waals surface area contributed by atoms with E-state index < -0.39 is 0 Å². The molecule has 0 saturated carbocycles. The van der Waals surface area contributed by atoms with Gasteiger partial charge in [-0.05, 0) is 18.6 Å². The van der Waals surface area contributed by atoms with E-state index in [9.17, 15) is 0 Å². The molecule has 2 aromatic heterocycles. The van der Waals surface area contributed by atoms with Gasteiger partial charge in [-0.2, -0.15) is 0 Å². The molecule has 0 aliphatic carbocycles. The van der Waals surface area contributed by atoms with Gasteiger partial charge in [0, 0.05) is 18.7 Å². The van der Waals surface area contributed by atoms with Crippen molar-refractivity contribution in [2.45, 2.75) is 26.3 Å². The number of aromatic nitrogens is 3. The second-order valence-electron chi connectivity index (χ2n) is 3.92. The third-order valence-electron chi connectivity index (χ3n) is 2.39. The van der Waals surface area contributed by atoms with Crippen LogP contribution in [0, 0.1) is 0 Å². The molecule has 2 aromatic rings. The summed E-state index contributed by atoms with van der Waals surface area (Å²) in [7, 11) is 0. The van der Waals surface area contributed by atoms with Gasteiger partial charge < -0.3 is 5.32 Å². The van der Waals surface area contributed by atoms with Crippen molar-refractivity contribution >= 4 is 17.4 Å². The van der Waals surface area contributed by atoms with Gasteiger partial charge in [0.05, 0.1) is 12.2 Å². The van der Waals surface area contributed by atoms with Crippen molar-refractivity contribution in [3.8, 4) is 0 Å². The van der Waals surface area contributed by atoms with E-state index in [1.807, 2.05) is 18.2 Å². The number of pyridine rings is 1. The van der Waals surface area contributed by atoms with E-state index in [1.54, 1.807) is 12.3 Å². The van der Waals surface area contributed by atoms with E-state index >= 15 is 0 Å². The van der Waals surface area contributed by atoms with Crippen molar-refractivity contribution in [3.63, 3.8) is 0 Å². The molecule has 4 nitrogen and oxygen atoms in total. The molecule has 94 valence electrons. The van der Waals surface area contributed by atoms with E-state index in [4.69, 9.17) is 11.6 Å². The molecule has 0 aliphatic rings. The summed E-state index contributed by atoms with van der Waals surface area (Å²) in [4.78, 5) is 12.8. The fourth-order valence-electron chi connectivity index (χ4n) is 1.57. The SMILES string of the molecule is CCCc1nc(Cl)cc(NCc2ccccn2)n1. The molecule has 0 aliphatic heterocycles. The highest BCUT2D eigenvalue weighted by atomic mass is 35.5. The highest BCUT2D eigenvalue weighted by Crippen LogP contribution is 2.13. The first kappa shape index (κ1) is 12.8. The average molecular weight is 263 g/mol. The summed E-state index contributed by atoms with van der Waals surface area (Å²) in [5.74, 6) is 1.51. The molecule has 0 radical (unpaired) electrons. The largest absolute Gasteiger partial charge is 0.364 e. The lowest BCUT2D eigenvalue weighted by molar-refractivity contribution is 0.833. The van der Waals surface area contributed by atoms with E-state index in [2.05, 4.69) is 27.2 Å². The summed E-state index contributed by atoms with van der Waals surface area (Å²) in [6.07, 6.45) is 3.60. The first-order valence-corrected chi connectivity index (χ1v) is 6.33. The standard InChI is InChI=1S/C13H15ClN4/c1-2-5-12-17-11(14)8-13(18-12)16-9-10-6-3-4-7-15-10/h3-4,6-8H,2,5,9H2,1H3,(H,16,17,18). The Morgan fingerprint density at radius 2 is 2.17 bits per heavy atom. The van der Waals surface area contributed by atoms with Crippen molar-refractivity contribution in [2.75, 3.05) is 5.32 Å². The third kappa shape index (κ3) is 3.67. The minimum Gasteiger partial charge on any atom is -0.364 e. The lowest BCUT2D eigenvalue weighted by Crippen LogP contribution is -2.05. The fraction of sp³-hybridized carbons (Fsp3) is 0.308. The van der Waals surface area contributed by atoms with Crippen molar-refractivity contribution in [1.29, 1.82) is 0 Å². The third-order valence-corrected chi connectivity index (χ3v) is 2.59. The molecule has 0 unspecified atom stereocenters. The molecule has 2 rings (SSSR count). The molecule has 2 heterocycles. The van der Waals surface area contributed by atoms with Crippen LogP contribution in [-0.4, -0.2) is 15.0 Å². The minimum atomic E-state index is 0.469. The Hall–Kier alpha value is -1.68. The second kappa shape index (κ2) is 6.31. The summed E-state index contributed by atoms with van der Waals surface area (Å²) in [6.45, 7) is 2.71. The fourth-order valence-corrected chi connectivity index (χ4v) is 1.78. The van der Waals surface area contributed by atoms with E-state index in [1.165, 1.54) is 0 Å². The predicted molar refractivity (Wildman–Crippen MR) is 72.6 cm³/mol. The number of aryl methyl sites for hydroxylation is 1. The quantitative estimate of drug-likeness (QED) is 0.842. The zero-order valence-corrected chi connectivity index (χ0v) is 11.0. The molecule has 0 amide bonds. The van der Waals surface area contributed by atoms with Gasteiger partial charge in [-0.25, -0.2) is 9.97 Å². The predicted octanol–water partition coefficient (Wildman–Crippen LogP) is 3.09. The maximum Gasteiger partial charge on any atom is 0.134 e. The van der Waals surface area contributed by atoms with Crippen LogP contribution in [-0.2, 0) is 13.0 Å². The van der Waals surface area contributed by atoms with Crippen molar-refractivity contribution in [1.82, 2.24) is 15.0 Å². The van der Waals surface area contributed by atoms with Crippen LogP contribution < -0.4 is 5.32 Å². The minimum absolute atomic E-state index is 0.469. The van der Waals surface area contributed by atoms with Crippen molar-refractivity contribution < 1.29 is 0 Å². The maximum absolute atomic E-state index is 5.96. The first-order valence-electron chi connectivity index (χ1n) is 5.95. The molecule has 0 spiro atoms. The molecule has 0 saturated heterocycles. The molecule has 0 fully saturated rings. The van der Waals surface area contributed by atoms with E-state index in [-0.39, 0.29) is 0 Å². The topological polar surface area (TPSA) is 50.7 Å². The monoisotopic (exact) mass is 262 g/mol. The van der Waals surface area contributed by atoms with Gasteiger partial charge in [-0.3, -0.25) is 4.98 Å². The Morgan fingerprint density at radius 3 is 2.89 bits per heavy atom. The van der Waals surface area contributed by atoms with Gasteiger partial charge in [0.1, 0.15) is 16.8 Å². The molecular formula is C13H15ClN4. The summed E-state index contributed by atoms with van der Waals surface area (Å²) in [6, 6.07) is 7.54. The van der Waals surface area contributed by atoms with Gasteiger partial charge >= 0.3 is 0 Å². The lowest BCUT2D eigenvalue weighted by Gasteiger charge is -2.07. The van der Waals surface area contributed by atoms with E-state index in [0.717, 1.165) is 30.2 Å². The van der Waals surface area contributed by atoms with Crippen LogP contribution in [0.25, 0.3) is 0 Å². The summed E-state index contributed by atoms with van der Waals surface area (Å²) < 4.78 is 0. The zero-order chi connectivity index (χ0) is 12.8. The highest BCUT2D eigenvalue weighted by Gasteiger charge is 2.02. The van der Waals surface area contributed by atoms with Crippen molar-refractivity contribution in [2.24, 2.45) is 0 Å². The Kier molecular flexibility index (Phi) is 4.47. The second-order valence-corrected chi connectivity index (χ2v) is 4.30. The number of rotatable bonds is 5. The van der Waals surface area contributed by atoms with Gasteiger partial charge in [0.15, 0.2) is 0 Å². The number of halogens is 1. The van der Waals surface area contributed by atoms with Crippen LogP contribution in [0.5, 0.6) is 0 Å². The molecule has 18 heavy (non-hydrogen) atoms. The molecular weight excluding hydrogens is 248 g/mol. The van der Waals surface area contributed by atoms with Crippen LogP contribution in [0.3, 0.4) is 0 Å². The number of nitrogens with one attached hydrogen (secondary N) is 1. The molecule has 1 N–H and O–H groups in total.